The van der Waals surface area contributed by atoms with E-state index in [0.29, 0.717) is 12.5 Å². The van der Waals surface area contributed by atoms with Crippen LogP contribution in [0.25, 0.3) is 11.3 Å². The highest BCUT2D eigenvalue weighted by molar-refractivity contribution is 6.11. The van der Waals surface area contributed by atoms with E-state index in [2.05, 4.69) is 4.98 Å². The van der Waals surface area contributed by atoms with Gasteiger partial charge in [-0.25, -0.2) is 0 Å². The minimum Gasteiger partial charge on any atom is -0.483 e. The number of aliphatic hydroxyl groups is 1. The number of hydrogen-bond donors (Lipinski definition) is 1. The van der Waals surface area contributed by atoms with Crippen molar-refractivity contribution >= 4 is 11.6 Å². The number of fused-ring (bicyclic) bond motifs is 1. The number of halogens is 6. The van der Waals surface area contributed by atoms with Crippen LogP contribution in [0.15, 0.2) is 60.8 Å². The number of para-hydroxylation sites is 1. The van der Waals surface area contributed by atoms with Crippen LogP contribution in [-0.4, -0.2) is 35.0 Å². The smallest absolute Gasteiger partial charge is 0.422 e. The van der Waals surface area contributed by atoms with Crippen molar-refractivity contribution in [3.8, 4) is 17.0 Å². The van der Waals surface area contributed by atoms with Crippen molar-refractivity contribution in [2.75, 3.05) is 11.5 Å². The van der Waals surface area contributed by atoms with Gasteiger partial charge in [0.2, 0.25) is 0 Å². The number of nitrogens with zero attached hydrogens (tertiary/aromatic N) is 2. The second kappa shape index (κ2) is 8.56. The summed E-state index contributed by atoms with van der Waals surface area (Å²) in [6.45, 7) is -0.882. The van der Waals surface area contributed by atoms with E-state index in [1.54, 1.807) is 6.07 Å². The molecule has 1 amide bonds. The maximum absolute atomic E-state index is 13.1. The molecule has 4 rings (SSSR count). The molecule has 5 nitrogen and oxygen atoms in total. The molecule has 2 heterocycles. The zero-order chi connectivity index (χ0) is 25.6. The molecule has 1 aliphatic rings. The summed E-state index contributed by atoms with van der Waals surface area (Å²) in [5, 5.41) is 9.86. The van der Waals surface area contributed by atoms with E-state index in [9.17, 15) is 36.2 Å². The Balaban J connectivity index is 1.66. The standard InChI is InChI=1S/C24H18F6N2O3/c1-22(34,24(28,29)30)14-6-8-15(9-7-14)32-12-18-16(21(32)33)10-11-31-20(18)17-4-2-3-5-19(17)35-13-23(25,26)27/h2-11,34H,12-13H2,1H3. The van der Waals surface area contributed by atoms with Crippen molar-refractivity contribution in [3.05, 3.63) is 77.5 Å². The predicted octanol–water partition coefficient (Wildman–Crippen LogP) is 5.62. The average molecular weight is 496 g/mol. The normalized spacial score (nSPS) is 15.7. The highest BCUT2D eigenvalue weighted by Gasteiger charge is 2.51. The van der Waals surface area contributed by atoms with Gasteiger partial charge < -0.3 is 14.7 Å². The molecular formula is C24H18F6N2O3. The Kier molecular flexibility index (Phi) is 6.00. The van der Waals surface area contributed by atoms with Gasteiger partial charge in [-0.3, -0.25) is 9.78 Å². The Hall–Kier alpha value is -3.60. The molecule has 0 aliphatic carbocycles. The molecule has 0 radical (unpaired) electrons. The maximum Gasteiger partial charge on any atom is 0.422 e. The average Bonchev–Trinajstić information content (AvgIpc) is 3.13. The predicted molar refractivity (Wildman–Crippen MR) is 114 cm³/mol. The third-order valence-corrected chi connectivity index (χ3v) is 5.67. The Bertz CT molecular complexity index is 1250. The fourth-order valence-electron chi connectivity index (χ4n) is 3.75. The van der Waals surface area contributed by atoms with Gasteiger partial charge >= 0.3 is 12.4 Å². The van der Waals surface area contributed by atoms with E-state index in [1.807, 2.05) is 0 Å². The van der Waals surface area contributed by atoms with Crippen molar-refractivity contribution in [2.24, 2.45) is 0 Å². The quantitative estimate of drug-likeness (QED) is 0.466. The molecule has 0 fully saturated rings. The second-order valence-corrected chi connectivity index (χ2v) is 8.09. The number of aromatic nitrogens is 1. The summed E-state index contributed by atoms with van der Waals surface area (Å²) in [6.07, 6.45) is -8.09. The van der Waals surface area contributed by atoms with Crippen LogP contribution in [0, 0.1) is 0 Å². The Labute approximate surface area is 195 Å². The molecule has 0 saturated heterocycles. The van der Waals surface area contributed by atoms with Crippen molar-refractivity contribution in [3.63, 3.8) is 0 Å². The summed E-state index contributed by atoms with van der Waals surface area (Å²) >= 11 is 0. The lowest BCUT2D eigenvalue weighted by atomic mass is 9.95. The van der Waals surface area contributed by atoms with Gasteiger partial charge in [-0.2, -0.15) is 26.3 Å². The van der Waals surface area contributed by atoms with E-state index < -0.39 is 36.0 Å². The molecule has 1 aromatic heterocycles. The Morgan fingerprint density at radius 1 is 0.971 bits per heavy atom. The van der Waals surface area contributed by atoms with Crippen LogP contribution in [0.5, 0.6) is 5.75 Å². The van der Waals surface area contributed by atoms with Crippen LogP contribution in [0.1, 0.15) is 28.4 Å². The number of rotatable bonds is 5. The molecule has 11 heteroatoms. The van der Waals surface area contributed by atoms with Gasteiger partial charge in [-0.05, 0) is 42.8 Å². The number of carbonyl (C=O) groups is 1. The van der Waals surface area contributed by atoms with Gasteiger partial charge in [0.25, 0.3) is 5.91 Å². The fourth-order valence-corrected chi connectivity index (χ4v) is 3.75. The van der Waals surface area contributed by atoms with Crippen LogP contribution >= 0.6 is 0 Å². The van der Waals surface area contributed by atoms with Crippen LogP contribution in [0.3, 0.4) is 0 Å². The molecule has 1 atom stereocenters. The molecule has 184 valence electrons. The molecular weight excluding hydrogens is 478 g/mol. The molecule has 35 heavy (non-hydrogen) atoms. The van der Waals surface area contributed by atoms with Crippen molar-refractivity contribution in [1.29, 1.82) is 0 Å². The summed E-state index contributed by atoms with van der Waals surface area (Å²) in [6, 6.07) is 12.2. The number of alkyl halides is 6. The van der Waals surface area contributed by atoms with Crippen LogP contribution in [-0.2, 0) is 12.1 Å². The topological polar surface area (TPSA) is 62.7 Å². The summed E-state index contributed by atoms with van der Waals surface area (Å²) in [5.74, 6) is -0.511. The van der Waals surface area contributed by atoms with Gasteiger partial charge in [0.05, 0.1) is 12.2 Å². The number of pyridine rings is 1. The first-order valence-electron chi connectivity index (χ1n) is 10.3. The van der Waals surface area contributed by atoms with E-state index in [-0.39, 0.29) is 34.8 Å². The first-order valence-corrected chi connectivity index (χ1v) is 10.3. The lowest BCUT2D eigenvalue weighted by Gasteiger charge is -2.27. The van der Waals surface area contributed by atoms with Crippen molar-refractivity contribution < 1.29 is 41.0 Å². The molecule has 1 unspecified atom stereocenters. The number of ether oxygens (including phenoxy) is 1. The summed E-state index contributed by atoms with van der Waals surface area (Å²) < 4.78 is 82.4. The maximum atomic E-state index is 13.1. The van der Waals surface area contributed by atoms with Crippen LogP contribution in [0.4, 0.5) is 32.0 Å². The zero-order valence-electron chi connectivity index (χ0n) is 18.1. The molecule has 0 spiro atoms. The Morgan fingerprint density at radius 3 is 2.26 bits per heavy atom. The number of amides is 1. The fraction of sp³-hybridized carbons (Fsp3) is 0.250. The van der Waals surface area contributed by atoms with E-state index in [0.717, 1.165) is 12.1 Å². The lowest BCUT2D eigenvalue weighted by Crippen LogP contribution is -2.39. The van der Waals surface area contributed by atoms with Gasteiger partial charge in [-0.1, -0.05) is 24.3 Å². The van der Waals surface area contributed by atoms with Gasteiger partial charge in [-0.15, -0.1) is 0 Å². The van der Waals surface area contributed by atoms with Gasteiger partial charge in [0.15, 0.2) is 12.2 Å². The molecule has 0 bridgehead atoms. The largest absolute Gasteiger partial charge is 0.483 e. The highest BCUT2D eigenvalue weighted by Crippen LogP contribution is 2.41. The summed E-state index contributed by atoms with van der Waals surface area (Å²) in [7, 11) is 0. The Morgan fingerprint density at radius 2 is 1.63 bits per heavy atom. The highest BCUT2D eigenvalue weighted by atomic mass is 19.4. The lowest BCUT2D eigenvalue weighted by molar-refractivity contribution is -0.258. The van der Waals surface area contributed by atoms with Gasteiger partial charge in [0.1, 0.15) is 5.75 Å². The second-order valence-electron chi connectivity index (χ2n) is 8.09. The third kappa shape index (κ3) is 4.68. The van der Waals surface area contributed by atoms with Crippen molar-refractivity contribution in [1.82, 2.24) is 4.98 Å². The SMILES string of the molecule is CC(O)(c1ccc(N2Cc3c(ccnc3-c3ccccc3OCC(F)(F)F)C2=O)cc1)C(F)(F)F. The molecule has 1 aliphatic heterocycles. The molecule has 3 aromatic rings. The van der Waals surface area contributed by atoms with Gasteiger partial charge in [0, 0.05) is 28.6 Å². The van der Waals surface area contributed by atoms with E-state index >= 15 is 0 Å². The minimum atomic E-state index is -4.89. The zero-order valence-corrected chi connectivity index (χ0v) is 18.1. The first-order chi connectivity index (χ1) is 16.3. The molecule has 1 N–H and O–H groups in total. The summed E-state index contributed by atoms with van der Waals surface area (Å²) in [4.78, 5) is 18.6. The number of hydrogen-bond acceptors (Lipinski definition) is 4. The van der Waals surface area contributed by atoms with E-state index in [1.165, 1.54) is 47.5 Å². The summed E-state index contributed by atoms with van der Waals surface area (Å²) in [5.41, 5.74) is -1.97. The first kappa shape index (κ1) is 24.5. The van der Waals surface area contributed by atoms with E-state index in [4.69, 9.17) is 4.74 Å². The molecule has 0 saturated carbocycles. The van der Waals surface area contributed by atoms with Crippen LogP contribution in [0.2, 0.25) is 0 Å². The number of benzene rings is 2. The molecule has 2 aromatic carbocycles. The van der Waals surface area contributed by atoms with Crippen LogP contribution < -0.4 is 9.64 Å². The monoisotopic (exact) mass is 496 g/mol. The van der Waals surface area contributed by atoms with Crippen molar-refractivity contribution in [2.45, 2.75) is 31.4 Å². The third-order valence-electron chi connectivity index (χ3n) is 5.67. The number of carbonyl (C=O) groups excluding carboxylic acids is 1. The minimum absolute atomic E-state index is 0.0139. The number of anilines is 1.